The smallest absolute Gasteiger partial charge is 0.305 e. The van der Waals surface area contributed by atoms with E-state index in [1.165, 1.54) is 0 Å². The first kappa shape index (κ1) is 14.7. The average molecular weight is 314 g/mol. The number of hydrogen-bond acceptors (Lipinski definition) is 2. The van der Waals surface area contributed by atoms with Crippen LogP contribution in [0, 0.1) is 6.92 Å². The van der Waals surface area contributed by atoms with Crippen molar-refractivity contribution in [3.8, 4) is 0 Å². The topological polar surface area (TPSA) is 66.4 Å². The molecule has 0 radical (unpaired) electrons. The Balaban J connectivity index is 2.77. The highest BCUT2D eigenvalue weighted by Crippen LogP contribution is 2.15. The minimum Gasteiger partial charge on any atom is -0.481 e. The lowest BCUT2D eigenvalue weighted by atomic mass is 10.1. The molecule has 0 heterocycles. The van der Waals surface area contributed by atoms with Crippen molar-refractivity contribution >= 4 is 27.8 Å². The van der Waals surface area contributed by atoms with Crippen molar-refractivity contribution in [3.05, 3.63) is 33.8 Å². The number of halogens is 1. The Morgan fingerprint density at radius 2 is 2.06 bits per heavy atom. The predicted octanol–water partition coefficient (Wildman–Crippen LogP) is 2.74. The Hall–Kier alpha value is -1.36. The first-order valence-corrected chi connectivity index (χ1v) is 6.51. The Morgan fingerprint density at radius 1 is 1.39 bits per heavy atom. The summed E-state index contributed by atoms with van der Waals surface area (Å²) in [5.74, 6) is -1.15. The van der Waals surface area contributed by atoms with E-state index in [4.69, 9.17) is 5.11 Å². The molecule has 0 saturated heterocycles. The summed E-state index contributed by atoms with van der Waals surface area (Å²) in [6, 6.07) is 5.06. The van der Waals surface area contributed by atoms with Crippen molar-refractivity contribution in [2.45, 2.75) is 32.7 Å². The summed E-state index contributed by atoms with van der Waals surface area (Å²) >= 11 is 3.33. The molecule has 1 aromatic rings. The molecule has 18 heavy (non-hydrogen) atoms. The van der Waals surface area contributed by atoms with Crippen molar-refractivity contribution in [2.24, 2.45) is 0 Å². The predicted molar refractivity (Wildman–Crippen MR) is 72.7 cm³/mol. The van der Waals surface area contributed by atoms with Crippen LogP contribution in [-0.4, -0.2) is 23.0 Å². The number of aryl methyl sites for hydroxylation is 1. The molecule has 2 N–H and O–H groups in total. The lowest BCUT2D eigenvalue weighted by Crippen LogP contribution is -2.36. The van der Waals surface area contributed by atoms with Gasteiger partial charge in [-0.15, -0.1) is 0 Å². The van der Waals surface area contributed by atoms with Gasteiger partial charge in [0.15, 0.2) is 0 Å². The molecule has 98 valence electrons. The zero-order valence-corrected chi connectivity index (χ0v) is 12.0. The number of benzene rings is 1. The standard InChI is InChI=1S/C13H16BrNO3/c1-3-11(7-12(16)17)15-13(18)9-4-8(2)5-10(14)6-9/h4-6,11H,3,7H2,1-2H3,(H,15,18)(H,16,17). The lowest BCUT2D eigenvalue weighted by molar-refractivity contribution is -0.137. The molecule has 0 spiro atoms. The molecule has 0 bridgehead atoms. The Morgan fingerprint density at radius 3 is 2.56 bits per heavy atom. The first-order chi connectivity index (χ1) is 8.42. The minimum atomic E-state index is -0.910. The van der Waals surface area contributed by atoms with Crippen LogP contribution in [0.3, 0.4) is 0 Å². The fraction of sp³-hybridized carbons (Fsp3) is 0.385. The number of amides is 1. The number of rotatable bonds is 5. The summed E-state index contributed by atoms with van der Waals surface area (Å²) in [6.07, 6.45) is 0.528. The van der Waals surface area contributed by atoms with E-state index in [2.05, 4.69) is 21.2 Å². The van der Waals surface area contributed by atoms with E-state index in [0.717, 1.165) is 10.0 Å². The van der Waals surface area contributed by atoms with E-state index >= 15 is 0 Å². The normalized spacial score (nSPS) is 11.9. The molecular weight excluding hydrogens is 298 g/mol. The summed E-state index contributed by atoms with van der Waals surface area (Å²) in [5, 5.41) is 11.5. The van der Waals surface area contributed by atoms with Gasteiger partial charge in [-0.1, -0.05) is 22.9 Å². The quantitative estimate of drug-likeness (QED) is 0.878. The number of carbonyl (C=O) groups excluding carboxylic acids is 1. The average Bonchev–Trinajstić information content (AvgIpc) is 2.26. The second-order valence-corrected chi connectivity index (χ2v) is 5.11. The summed E-state index contributed by atoms with van der Waals surface area (Å²) in [4.78, 5) is 22.6. The number of aliphatic carboxylic acids is 1. The molecule has 0 aliphatic rings. The summed E-state index contributed by atoms with van der Waals surface area (Å²) < 4.78 is 0.832. The van der Waals surface area contributed by atoms with E-state index < -0.39 is 5.97 Å². The molecule has 0 saturated carbocycles. The maximum atomic E-state index is 12.0. The lowest BCUT2D eigenvalue weighted by Gasteiger charge is -2.15. The van der Waals surface area contributed by atoms with Crippen molar-refractivity contribution in [1.29, 1.82) is 0 Å². The third-order valence-electron chi connectivity index (χ3n) is 2.55. The van der Waals surface area contributed by atoms with Gasteiger partial charge in [-0.2, -0.15) is 0 Å². The van der Waals surface area contributed by atoms with Crippen LogP contribution in [0.25, 0.3) is 0 Å². The SMILES string of the molecule is CCC(CC(=O)O)NC(=O)c1cc(C)cc(Br)c1. The molecular formula is C13H16BrNO3. The molecule has 1 amide bonds. The highest BCUT2D eigenvalue weighted by atomic mass is 79.9. The van der Waals surface area contributed by atoms with E-state index in [0.29, 0.717) is 12.0 Å². The largest absolute Gasteiger partial charge is 0.481 e. The Bertz CT molecular complexity index is 439. The van der Waals surface area contributed by atoms with Crippen LogP contribution in [0.4, 0.5) is 0 Å². The van der Waals surface area contributed by atoms with E-state index in [9.17, 15) is 9.59 Å². The second-order valence-electron chi connectivity index (χ2n) is 4.19. The fourth-order valence-electron chi connectivity index (χ4n) is 1.64. The summed E-state index contributed by atoms with van der Waals surface area (Å²) in [7, 11) is 0. The van der Waals surface area contributed by atoms with Gasteiger partial charge < -0.3 is 10.4 Å². The second kappa shape index (κ2) is 6.54. The van der Waals surface area contributed by atoms with Gasteiger partial charge in [-0.3, -0.25) is 9.59 Å². The maximum absolute atomic E-state index is 12.0. The van der Waals surface area contributed by atoms with Gasteiger partial charge in [-0.25, -0.2) is 0 Å². The van der Waals surface area contributed by atoms with E-state index in [1.54, 1.807) is 12.1 Å². The number of carbonyl (C=O) groups is 2. The third kappa shape index (κ3) is 4.49. The van der Waals surface area contributed by atoms with Gasteiger partial charge in [-0.05, 0) is 37.1 Å². The first-order valence-electron chi connectivity index (χ1n) is 5.72. The van der Waals surface area contributed by atoms with Crippen molar-refractivity contribution < 1.29 is 14.7 Å². The van der Waals surface area contributed by atoms with Crippen LogP contribution >= 0.6 is 15.9 Å². The molecule has 0 aliphatic heterocycles. The third-order valence-corrected chi connectivity index (χ3v) is 3.01. The molecule has 1 rings (SSSR count). The summed E-state index contributed by atoms with van der Waals surface area (Å²) in [6.45, 7) is 3.75. The Labute approximate surface area is 115 Å². The van der Waals surface area contributed by atoms with Gasteiger partial charge >= 0.3 is 5.97 Å². The fourth-order valence-corrected chi connectivity index (χ4v) is 2.25. The number of carboxylic acids is 1. The molecule has 0 aliphatic carbocycles. The van der Waals surface area contributed by atoms with Crippen LogP contribution in [0.15, 0.2) is 22.7 Å². The van der Waals surface area contributed by atoms with Crippen LogP contribution in [-0.2, 0) is 4.79 Å². The summed E-state index contributed by atoms with van der Waals surface area (Å²) in [5.41, 5.74) is 1.51. The Kier molecular flexibility index (Phi) is 5.34. The van der Waals surface area contributed by atoms with Gasteiger partial charge in [0.2, 0.25) is 0 Å². The van der Waals surface area contributed by atoms with E-state index in [-0.39, 0.29) is 18.4 Å². The van der Waals surface area contributed by atoms with Gasteiger partial charge in [0.25, 0.3) is 5.91 Å². The highest BCUT2D eigenvalue weighted by molar-refractivity contribution is 9.10. The number of carboxylic acid groups (broad SMARTS) is 1. The molecule has 5 heteroatoms. The van der Waals surface area contributed by atoms with E-state index in [1.807, 2.05) is 19.9 Å². The van der Waals surface area contributed by atoms with Crippen molar-refractivity contribution in [3.63, 3.8) is 0 Å². The minimum absolute atomic E-state index is 0.0603. The van der Waals surface area contributed by atoms with Crippen LogP contribution < -0.4 is 5.32 Å². The zero-order valence-electron chi connectivity index (χ0n) is 10.4. The number of hydrogen-bond donors (Lipinski definition) is 2. The molecule has 1 unspecified atom stereocenters. The van der Waals surface area contributed by atoms with Crippen molar-refractivity contribution in [2.75, 3.05) is 0 Å². The maximum Gasteiger partial charge on any atom is 0.305 e. The molecule has 0 aromatic heterocycles. The monoisotopic (exact) mass is 313 g/mol. The zero-order chi connectivity index (χ0) is 13.7. The highest BCUT2D eigenvalue weighted by Gasteiger charge is 2.15. The molecule has 0 fully saturated rings. The van der Waals surface area contributed by atoms with Gasteiger partial charge in [0.05, 0.1) is 6.42 Å². The molecule has 1 atom stereocenters. The molecule has 1 aromatic carbocycles. The number of nitrogens with one attached hydrogen (secondary N) is 1. The van der Waals surface area contributed by atoms with Crippen LogP contribution in [0.1, 0.15) is 35.7 Å². The van der Waals surface area contributed by atoms with Gasteiger partial charge in [0.1, 0.15) is 0 Å². The van der Waals surface area contributed by atoms with Crippen LogP contribution in [0.2, 0.25) is 0 Å². The molecule has 4 nitrogen and oxygen atoms in total. The van der Waals surface area contributed by atoms with Gasteiger partial charge in [0, 0.05) is 16.1 Å². The van der Waals surface area contributed by atoms with Crippen LogP contribution in [0.5, 0.6) is 0 Å². The van der Waals surface area contributed by atoms with Crippen molar-refractivity contribution in [1.82, 2.24) is 5.32 Å².